The minimum Gasteiger partial charge on any atom is -0.395 e. The fourth-order valence-electron chi connectivity index (χ4n) is 1.78. The van der Waals surface area contributed by atoms with E-state index in [4.69, 9.17) is 10.4 Å². The second kappa shape index (κ2) is 5.18. The topological polar surface area (TPSA) is 67.5 Å². The van der Waals surface area contributed by atoms with Gasteiger partial charge in [-0.2, -0.15) is 5.26 Å². The van der Waals surface area contributed by atoms with Gasteiger partial charge >= 0.3 is 0 Å². The highest BCUT2D eigenvalue weighted by molar-refractivity contribution is 4.85. The average Bonchev–Trinajstić information content (AvgIpc) is 2.47. The summed E-state index contributed by atoms with van der Waals surface area (Å²) in [6.45, 7) is 1.54. The minimum atomic E-state index is -0.306. The molecule has 13 heavy (non-hydrogen) atoms. The molecule has 0 bridgehead atoms. The Kier molecular flexibility index (Phi) is 4.16. The van der Waals surface area contributed by atoms with Gasteiger partial charge < -0.3 is 10.2 Å². The van der Waals surface area contributed by atoms with Crippen LogP contribution < -0.4 is 0 Å². The van der Waals surface area contributed by atoms with Crippen molar-refractivity contribution in [2.75, 3.05) is 19.7 Å². The van der Waals surface area contributed by atoms with Gasteiger partial charge in [0.25, 0.3) is 0 Å². The van der Waals surface area contributed by atoms with Crippen LogP contribution in [0, 0.1) is 11.3 Å². The normalized spacial score (nSPS) is 29.0. The van der Waals surface area contributed by atoms with E-state index in [-0.39, 0.29) is 18.8 Å². The van der Waals surface area contributed by atoms with Crippen molar-refractivity contribution in [2.24, 2.45) is 0 Å². The van der Waals surface area contributed by atoms with E-state index in [0.29, 0.717) is 19.4 Å². The Morgan fingerprint density at radius 1 is 1.54 bits per heavy atom. The molecule has 0 aliphatic carbocycles. The van der Waals surface area contributed by atoms with Crippen LogP contribution in [0.4, 0.5) is 0 Å². The quantitative estimate of drug-likeness (QED) is 0.590. The van der Waals surface area contributed by atoms with Gasteiger partial charge in [0.2, 0.25) is 0 Å². The Morgan fingerprint density at radius 3 is 2.92 bits per heavy atom. The van der Waals surface area contributed by atoms with Gasteiger partial charge in [-0.25, -0.2) is 0 Å². The largest absolute Gasteiger partial charge is 0.395 e. The van der Waals surface area contributed by atoms with E-state index in [1.54, 1.807) is 0 Å². The molecule has 1 rings (SSSR count). The van der Waals surface area contributed by atoms with Crippen LogP contribution >= 0.6 is 0 Å². The summed E-state index contributed by atoms with van der Waals surface area (Å²) >= 11 is 0. The van der Waals surface area contributed by atoms with E-state index < -0.39 is 0 Å². The summed E-state index contributed by atoms with van der Waals surface area (Å²) in [7, 11) is 0. The third-order valence-corrected chi connectivity index (χ3v) is 2.45. The maximum atomic E-state index is 9.34. The van der Waals surface area contributed by atoms with Gasteiger partial charge in [0.1, 0.15) is 0 Å². The van der Waals surface area contributed by atoms with Crippen molar-refractivity contribution >= 4 is 0 Å². The van der Waals surface area contributed by atoms with Crippen LogP contribution in [0.5, 0.6) is 0 Å². The lowest BCUT2D eigenvalue weighted by molar-refractivity contribution is 0.155. The predicted molar refractivity (Wildman–Crippen MR) is 47.9 cm³/mol. The average molecular weight is 184 g/mol. The minimum absolute atomic E-state index is 0.0914. The van der Waals surface area contributed by atoms with Gasteiger partial charge in [0.15, 0.2) is 0 Å². The first kappa shape index (κ1) is 10.5. The number of aliphatic hydroxyl groups is 2. The van der Waals surface area contributed by atoms with Crippen LogP contribution in [0.2, 0.25) is 0 Å². The van der Waals surface area contributed by atoms with Crippen LogP contribution in [0.15, 0.2) is 0 Å². The van der Waals surface area contributed by atoms with Crippen LogP contribution in [0.1, 0.15) is 19.3 Å². The maximum Gasteiger partial charge on any atom is 0.0683 e. The first-order valence-corrected chi connectivity index (χ1v) is 4.68. The third-order valence-electron chi connectivity index (χ3n) is 2.45. The van der Waals surface area contributed by atoms with E-state index in [0.717, 1.165) is 13.0 Å². The van der Waals surface area contributed by atoms with Crippen molar-refractivity contribution < 1.29 is 10.2 Å². The van der Waals surface area contributed by atoms with E-state index in [9.17, 15) is 5.11 Å². The SMILES string of the molecule is N#CCCCN1CC(O)CC1CO. The Hall–Kier alpha value is -0.630. The molecule has 2 unspecified atom stereocenters. The summed E-state index contributed by atoms with van der Waals surface area (Å²) in [6.07, 6.45) is 1.72. The van der Waals surface area contributed by atoms with Crippen LogP contribution in [-0.4, -0.2) is 47.0 Å². The molecule has 74 valence electrons. The number of nitriles is 1. The predicted octanol–water partition coefficient (Wildman–Crippen LogP) is -0.282. The second-order valence-electron chi connectivity index (χ2n) is 3.48. The molecule has 4 nitrogen and oxygen atoms in total. The zero-order valence-electron chi connectivity index (χ0n) is 7.69. The summed E-state index contributed by atoms with van der Waals surface area (Å²) in [5.74, 6) is 0. The molecule has 1 aliphatic rings. The molecule has 0 saturated carbocycles. The molecular formula is C9H16N2O2. The summed E-state index contributed by atoms with van der Waals surface area (Å²) in [5.41, 5.74) is 0. The van der Waals surface area contributed by atoms with Crippen molar-refractivity contribution in [2.45, 2.75) is 31.4 Å². The highest BCUT2D eigenvalue weighted by atomic mass is 16.3. The molecule has 1 saturated heterocycles. The summed E-state index contributed by atoms with van der Waals surface area (Å²) in [4.78, 5) is 2.06. The Bertz CT molecular complexity index is 191. The van der Waals surface area contributed by atoms with E-state index in [1.165, 1.54) is 0 Å². The molecule has 1 heterocycles. The highest BCUT2D eigenvalue weighted by Gasteiger charge is 2.29. The van der Waals surface area contributed by atoms with Gasteiger partial charge in [-0.1, -0.05) is 0 Å². The summed E-state index contributed by atoms with van der Waals surface area (Å²) < 4.78 is 0. The lowest BCUT2D eigenvalue weighted by Gasteiger charge is -2.21. The molecular weight excluding hydrogens is 168 g/mol. The molecule has 0 aromatic carbocycles. The molecule has 4 heteroatoms. The fraction of sp³-hybridized carbons (Fsp3) is 0.889. The Morgan fingerprint density at radius 2 is 2.31 bits per heavy atom. The number of hydrogen-bond acceptors (Lipinski definition) is 4. The molecule has 0 aromatic heterocycles. The zero-order valence-corrected chi connectivity index (χ0v) is 7.69. The van der Waals surface area contributed by atoms with Gasteiger partial charge in [0.05, 0.1) is 18.8 Å². The van der Waals surface area contributed by atoms with Gasteiger partial charge in [-0.05, 0) is 19.4 Å². The van der Waals surface area contributed by atoms with Crippen molar-refractivity contribution in [1.82, 2.24) is 4.90 Å². The van der Waals surface area contributed by atoms with Crippen molar-refractivity contribution in [3.8, 4) is 6.07 Å². The van der Waals surface area contributed by atoms with Gasteiger partial charge in [-0.3, -0.25) is 4.90 Å². The standard InChI is InChI=1S/C9H16N2O2/c10-3-1-2-4-11-6-9(13)5-8(11)7-12/h8-9,12-13H,1-2,4-7H2. The van der Waals surface area contributed by atoms with Crippen LogP contribution in [0.25, 0.3) is 0 Å². The van der Waals surface area contributed by atoms with E-state index in [1.807, 2.05) is 0 Å². The Balaban J connectivity index is 2.27. The molecule has 1 aliphatic heterocycles. The maximum absolute atomic E-state index is 9.34. The number of aliphatic hydroxyl groups excluding tert-OH is 2. The van der Waals surface area contributed by atoms with Crippen LogP contribution in [-0.2, 0) is 0 Å². The van der Waals surface area contributed by atoms with E-state index >= 15 is 0 Å². The first-order chi connectivity index (χ1) is 6.27. The number of hydrogen-bond donors (Lipinski definition) is 2. The highest BCUT2D eigenvalue weighted by Crippen LogP contribution is 2.17. The molecule has 2 N–H and O–H groups in total. The molecule has 2 atom stereocenters. The number of likely N-dealkylation sites (tertiary alicyclic amines) is 1. The molecule has 0 amide bonds. The third kappa shape index (κ3) is 2.96. The van der Waals surface area contributed by atoms with Crippen molar-refractivity contribution in [3.63, 3.8) is 0 Å². The molecule has 0 aromatic rings. The van der Waals surface area contributed by atoms with E-state index in [2.05, 4.69) is 11.0 Å². The molecule has 0 spiro atoms. The lowest BCUT2D eigenvalue weighted by Crippen LogP contribution is -2.33. The number of β-amino-alcohol motifs (C(OH)–C–C–N with tert-alkyl or cyclic N) is 1. The van der Waals surface area contributed by atoms with Gasteiger partial charge in [-0.15, -0.1) is 0 Å². The second-order valence-corrected chi connectivity index (χ2v) is 3.48. The smallest absolute Gasteiger partial charge is 0.0683 e. The monoisotopic (exact) mass is 184 g/mol. The number of unbranched alkanes of at least 4 members (excludes halogenated alkanes) is 1. The van der Waals surface area contributed by atoms with Gasteiger partial charge in [0, 0.05) is 19.0 Å². The molecule has 1 fully saturated rings. The molecule has 0 radical (unpaired) electrons. The number of nitrogens with zero attached hydrogens (tertiary/aromatic N) is 2. The summed E-state index contributed by atoms with van der Waals surface area (Å²) in [5, 5.41) is 26.7. The van der Waals surface area contributed by atoms with Crippen LogP contribution in [0.3, 0.4) is 0 Å². The Labute approximate surface area is 78.4 Å². The first-order valence-electron chi connectivity index (χ1n) is 4.68. The zero-order chi connectivity index (χ0) is 9.68. The fourth-order valence-corrected chi connectivity index (χ4v) is 1.78. The lowest BCUT2D eigenvalue weighted by atomic mass is 10.2. The van der Waals surface area contributed by atoms with Crippen molar-refractivity contribution in [3.05, 3.63) is 0 Å². The number of rotatable bonds is 4. The van der Waals surface area contributed by atoms with Crippen molar-refractivity contribution in [1.29, 1.82) is 5.26 Å². The summed E-state index contributed by atoms with van der Waals surface area (Å²) in [6, 6.07) is 2.18.